The summed E-state index contributed by atoms with van der Waals surface area (Å²) in [4.78, 5) is 10.6. The van der Waals surface area contributed by atoms with E-state index < -0.39 is 0 Å². The van der Waals surface area contributed by atoms with Gasteiger partial charge in [0.15, 0.2) is 0 Å². The van der Waals surface area contributed by atoms with Crippen molar-refractivity contribution in [2.24, 2.45) is 17.4 Å². The summed E-state index contributed by atoms with van der Waals surface area (Å²) < 4.78 is 0. The molecule has 4 N–H and O–H groups in total. The Morgan fingerprint density at radius 3 is 2.00 bits per heavy atom. The first kappa shape index (κ1) is 13.4. The van der Waals surface area contributed by atoms with Crippen LogP contribution in [-0.2, 0) is 4.79 Å². The Kier molecular flexibility index (Phi) is 7.48. The lowest BCUT2D eigenvalue weighted by Crippen LogP contribution is -2.31. The van der Waals surface area contributed by atoms with Gasteiger partial charge in [0.2, 0.25) is 5.91 Å². The van der Waals surface area contributed by atoms with Gasteiger partial charge in [0.1, 0.15) is 0 Å². The smallest absolute Gasteiger partial charge is 0.217 e. The highest BCUT2D eigenvalue weighted by atomic mass is 16.1. The fraction of sp³-hybridized carbons (Fsp3) is 0.909. The lowest BCUT2D eigenvalue weighted by molar-refractivity contribution is -0.118. The molecule has 0 saturated heterocycles. The van der Waals surface area contributed by atoms with Gasteiger partial charge in [-0.2, -0.15) is 0 Å². The van der Waals surface area contributed by atoms with Crippen LogP contribution in [0, 0.1) is 5.92 Å². The molecule has 0 rings (SSSR count). The van der Waals surface area contributed by atoms with E-state index in [0.717, 1.165) is 32.1 Å². The molecule has 0 heterocycles. The van der Waals surface area contributed by atoms with Crippen molar-refractivity contribution >= 4 is 5.91 Å². The first-order valence-electron chi connectivity index (χ1n) is 5.65. The van der Waals surface area contributed by atoms with Crippen LogP contribution in [0.4, 0.5) is 0 Å². The van der Waals surface area contributed by atoms with Crippen molar-refractivity contribution in [3.63, 3.8) is 0 Å². The third-order valence-electron chi connectivity index (χ3n) is 2.65. The molecule has 0 unspecified atom stereocenters. The van der Waals surface area contributed by atoms with Gasteiger partial charge in [-0.25, -0.2) is 0 Å². The van der Waals surface area contributed by atoms with Crippen LogP contribution in [0.5, 0.6) is 0 Å². The summed E-state index contributed by atoms with van der Waals surface area (Å²) in [5.74, 6) is 0.316. The summed E-state index contributed by atoms with van der Waals surface area (Å²) >= 11 is 0. The van der Waals surface area contributed by atoms with Crippen LogP contribution in [0.3, 0.4) is 0 Å². The van der Waals surface area contributed by atoms with Crippen LogP contribution in [0.1, 0.15) is 52.4 Å². The Morgan fingerprint density at radius 1 is 1.14 bits per heavy atom. The quantitative estimate of drug-likeness (QED) is 0.627. The topological polar surface area (TPSA) is 69.1 Å². The molecular formula is C11H24N2O. The van der Waals surface area contributed by atoms with Gasteiger partial charge >= 0.3 is 0 Å². The zero-order valence-corrected chi connectivity index (χ0v) is 9.46. The van der Waals surface area contributed by atoms with Crippen molar-refractivity contribution in [1.29, 1.82) is 0 Å². The van der Waals surface area contributed by atoms with Gasteiger partial charge in [-0.05, 0) is 25.2 Å². The van der Waals surface area contributed by atoms with E-state index in [4.69, 9.17) is 11.5 Å². The number of hydrogen-bond acceptors (Lipinski definition) is 2. The van der Waals surface area contributed by atoms with Crippen LogP contribution < -0.4 is 11.5 Å². The summed E-state index contributed by atoms with van der Waals surface area (Å²) in [5, 5.41) is 0. The molecule has 14 heavy (non-hydrogen) atoms. The second kappa shape index (κ2) is 7.80. The van der Waals surface area contributed by atoms with E-state index in [1.807, 2.05) is 0 Å². The summed E-state index contributed by atoms with van der Waals surface area (Å²) in [7, 11) is 0. The molecule has 1 amide bonds. The zero-order chi connectivity index (χ0) is 11.0. The molecule has 0 saturated carbocycles. The van der Waals surface area contributed by atoms with Crippen LogP contribution in [0.2, 0.25) is 0 Å². The molecule has 0 aliphatic heterocycles. The number of rotatable bonds is 8. The average molecular weight is 200 g/mol. The number of carbonyl (C=O) groups is 1. The zero-order valence-electron chi connectivity index (χ0n) is 9.46. The van der Waals surface area contributed by atoms with Gasteiger partial charge in [-0.15, -0.1) is 0 Å². The lowest BCUT2D eigenvalue weighted by Gasteiger charge is -2.22. The summed E-state index contributed by atoms with van der Waals surface area (Å²) in [6.07, 6.45) is 5.80. The Balaban J connectivity index is 3.86. The molecule has 3 heteroatoms. The Labute approximate surface area is 87.2 Å². The van der Waals surface area contributed by atoms with E-state index in [1.54, 1.807) is 0 Å². The van der Waals surface area contributed by atoms with Crippen LogP contribution >= 0.6 is 0 Å². The van der Waals surface area contributed by atoms with E-state index in [2.05, 4.69) is 13.8 Å². The van der Waals surface area contributed by atoms with Crippen molar-refractivity contribution in [3.05, 3.63) is 0 Å². The summed E-state index contributed by atoms with van der Waals surface area (Å²) in [5.41, 5.74) is 11.1. The standard InChI is InChI=1S/C11H24N2O/c1-3-5-9(6-4-2)10(12)7-8-11(13)14/h9-10H,3-8,12H2,1-2H3,(H2,13,14)/t10-/m0/s1. The van der Waals surface area contributed by atoms with Crippen molar-refractivity contribution in [1.82, 2.24) is 0 Å². The lowest BCUT2D eigenvalue weighted by atomic mass is 9.88. The average Bonchev–Trinajstić information content (AvgIpc) is 2.14. The number of hydrogen-bond donors (Lipinski definition) is 2. The van der Waals surface area contributed by atoms with E-state index >= 15 is 0 Å². The highest BCUT2D eigenvalue weighted by Gasteiger charge is 2.16. The molecule has 0 aliphatic carbocycles. The maximum Gasteiger partial charge on any atom is 0.217 e. The fourth-order valence-corrected chi connectivity index (χ4v) is 1.86. The molecular weight excluding hydrogens is 176 g/mol. The normalized spacial score (nSPS) is 13.1. The van der Waals surface area contributed by atoms with Crippen molar-refractivity contribution < 1.29 is 4.79 Å². The summed E-state index contributed by atoms with van der Waals surface area (Å²) in [6.45, 7) is 4.34. The molecule has 0 aromatic heterocycles. The first-order valence-corrected chi connectivity index (χ1v) is 5.65. The Morgan fingerprint density at radius 2 is 1.64 bits per heavy atom. The minimum Gasteiger partial charge on any atom is -0.370 e. The monoisotopic (exact) mass is 200 g/mol. The highest BCUT2D eigenvalue weighted by molar-refractivity contribution is 5.73. The molecule has 0 bridgehead atoms. The third kappa shape index (κ3) is 5.97. The van der Waals surface area contributed by atoms with E-state index in [0.29, 0.717) is 12.3 Å². The number of nitrogens with two attached hydrogens (primary N) is 2. The van der Waals surface area contributed by atoms with Gasteiger partial charge in [-0.3, -0.25) is 4.79 Å². The van der Waals surface area contributed by atoms with E-state index in [1.165, 1.54) is 0 Å². The van der Waals surface area contributed by atoms with Crippen LogP contribution in [-0.4, -0.2) is 11.9 Å². The van der Waals surface area contributed by atoms with Gasteiger partial charge in [0.05, 0.1) is 0 Å². The van der Waals surface area contributed by atoms with Crippen molar-refractivity contribution in [3.8, 4) is 0 Å². The molecule has 0 radical (unpaired) electrons. The molecule has 3 nitrogen and oxygen atoms in total. The summed E-state index contributed by atoms with van der Waals surface area (Å²) in [6, 6.07) is 0.141. The third-order valence-corrected chi connectivity index (χ3v) is 2.65. The maximum atomic E-state index is 10.6. The molecule has 0 spiro atoms. The van der Waals surface area contributed by atoms with Crippen molar-refractivity contribution in [2.45, 2.75) is 58.4 Å². The van der Waals surface area contributed by atoms with Crippen LogP contribution in [0.15, 0.2) is 0 Å². The van der Waals surface area contributed by atoms with Crippen molar-refractivity contribution in [2.75, 3.05) is 0 Å². The number of carbonyl (C=O) groups excluding carboxylic acids is 1. The minimum absolute atomic E-state index is 0.141. The van der Waals surface area contributed by atoms with Gasteiger partial charge in [0, 0.05) is 12.5 Å². The Bertz CT molecular complexity index is 153. The largest absolute Gasteiger partial charge is 0.370 e. The maximum absolute atomic E-state index is 10.6. The molecule has 0 fully saturated rings. The fourth-order valence-electron chi connectivity index (χ4n) is 1.86. The van der Waals surface area contributed by atoms with Gasteiger partial charge in [0.25, 0.3) is 0 Å². The first-order chi connectivity index (χ1) is 6.61. The second-order valence-corrected chi connectivity index (χ2v) is 4.01. The highest BCUT2D eigenvalue weighted by Crippen LogP contribution is 2.19. The number of amides is 1. The molecule has 84 valence electrons. The molecule has 0 aromatic carbocycles. The van der Waals surface area contributed by atoms with Gasteiger partial charge in [-0.1, -0.05) is 26.7 Å². The molecule has 0 aliphatic rings. The van der Waals surface area contributed by atoms with E-state index in [9.17, 15) is 4.79 Å². The second-order valence-electron chi connectivity index (χ2n) is 4.01. The predicted molar refractivity (Wildman–Crippen MR) is 59.7 cm³/mol. The molecule has 1 atom stereocenters. The van der Waals surface area contributed by atoms with Crippen LogP contribution in [0.25, 0.3) is 0 Å². The minimum atomic E-state index is -0.243. The van der Waals surface area contributed by atoms with E-state index in [-0.39, 0.29) is 11.9 Å². The predicted octanol–water partition coefficient (Wildman–Crippen LogP) is 1.80. The SMILES string of the molecule is CCCC(CCC)[C@@H](N)CCC(N)=O. The molecule has 0 aromatic rings. The number of primary amides is 1. The van der Waals surface area contributed by atoms with Gasteiger partial charge < -0.3 is 11.5 Å². The Hall–Kier alpha value is -0.570.